The molecule has 14 heteroatoms. The monoisotopic (exact) mass is 614 g/mol. The number of ketones is 2. The molecule has 41 heavy (non-hydrogen) atoms. The Kier molecular flexibility index (Phi) is 10.7. The fourth-order valence-corrected chi connectivity index (χ4v) is 8.78. The Hall–Kier alpha value is 0.480. The Morgan fingerprint density at radius 1 is 1.10 bits per heavy atom. The van der Waals surface area contributed by atoms with Gasteiger partial charge in [-0.05, 0) is 82.7 Å². The molecule has 6 rings (SSSR count). The average Bonchev–Trinajstić information content (AvgIpc) is 3.17. The van der Waals surface area contributed by atoms with Gasteiger partial charge >= 0.3 is 88.7 Å². The number of hydrogen-bond acceptors (Lipinski definition) is 10. The van der Waals surface area contributed by atoms with Crippen molar-refractivity contribution in [2.24, 2.45) is 27.6 Å². The second-order valence-electron chi connectivity index (χ2n) is 12.3. The van der Waals surface area contributed by atoms with Crippen LogP contribution in [0.25, 0.3) is 0 Å². The third kappa shape index (κ3) is 4.91. The van der Waals surface area contributed by atoms with Crippen LogP contribution in [0.4, 0.5) is 4.79 Å². The number of furan rings is 1. The second kappa shape index (κ2) is 11.7. The normalized spacial score (nSPS) is 39.2. The second-order valence-corrected chi connectivity index (χ2v) is 13.7. The zero-order valence-electron chi connectivity index (χ0n) is 24.8. The maximum Gasteiger partial charge on any atom is 1.00 e. The Morgan fingerprint density at radius 2 is 1.68 bits per heavy atom. The Morgan fingerprint density at radius 3 is 2.20 bits per heavy atom. The van der Waals surface area contributed by atoms with E-state index in [9.17, 15) is 14.7 Å². The zero-order valence-corrected chi connectivity index (χ0v) is 31.7. The van der Waals surface area contributed by atoms with Crippen LogP contribution in [-0.4, -0.2) is 34.1 Å². The summed E-state index contributed by atoms with van der Waals surface area (Å²) in [5.41, 5.74) is -3.96. The van der Waals surface area contributed by atoms with Crippen molar-refractivity contribution in [3.05, 3.63) is 47.6 Å². The van der Waals surface area contributed by atoms with Gasteiger partial charge in [-0.3, -0.25) is 9.59 Å². The molecule has 2 saturated carbocycles. The predicted molar refractivity (Wildman–Crippen MR) is 126 cm³/mol. The number of allylic oxidation sites excluding steroid dienone is 4. The third-order valence-electron chi connectivity index (χ3n) is 10.4. The summed E-state index contributed by atoms with van der Waals surface area (Å²) in [5.74, 6) is -0.312. The summed E-state index contributed by atoms with van der Waals surface area (Å²) in [7, 11) is -5.43. The van der Waals surface area contributed by atoms with Gasteiger partial charge in [-0.25, -0.2) is 0 Å². The molecule has 5 aliphatic rings. The molecule has 7 atom stereocenters. The van der Waals surface area contributed by atoms with Crippen LogP contribution in [0.2, 0.25) is 0 Å². The van der Waals surface area contributed by atoms with Crippen molar-refractivity contribution in [1.29, 1.82) is 0 Å². The molecule has 1 spiro atoms. The van der Waals surface area contributed by atoms with Crippen LogP contribution in [0, 0.1) is 27.6 Å². The van der Waals surface area contributed by atoms with E-state index in [2.05, 4.69) is 13.8 Å². The molecule has 10 nitrogen and oxygen atoms in total. The van der Waals surface area contributed by atoms with Crippen molar-refractivity contribution in [2.75, 3.05) is 0 Å². The Bertz CT molecular complexity index is 1370. The molecular formula is C27H30Na3O10P. The number of carbonyl (C=O) groups is 3. The molecule has 4 aliphatic carbocycles. The topological polar surface area (TPSA) is 183 Å². The van der Waals surface area contributed by atoms with Crippen LogP contribution < -0.4 is 104 Å². The molecule has 1 N–H and O–H groups in total. The van der Waals surface area contributed by atoms with Crippen LogP contribution >= 0.6 is 7.60 Å². The summed E-state index contributed by atoms with van der Waals surface area (Å²) >= 11 is 0. The van der Waals surface area contributed by atoms with Crippen molar-refractivity contribution in [3.8, 4) is 0 Å². The number of carboxylic acid groups (broad SMARTS) is 1. The number of fused-ring (bicyclic) bond motifs is 3. The summed E-state index contributed by atoms with van der Waals surface area (Å²) in [6.07, 6.45) is 9.76. The third-order valence-corrected chi connectivity index (χ3v) is 10.8. The van der Waals surface area contributed by atoms with Gasteiger partial charge in [0.05, 0.1) is 35.2 Å². The molecule has 3 fully saturated rings. The number of epoxide rings is 1. The van der Waals surface area contributed by atoms with E-state index < -0.39 is 35.2 Å². The molecule has 1 saturated heterocycles. The fraction of sp³-hybridized carbons (Fsp3) is 0.593. The molecule has 7 unspecified atom stereocenters. The first-order chi connectivity index (χ1) is 17.4. The first-order valence-corrected chi connectivity index (χ1v) is 14.1. The summed E-state index contributed by atoms with van der Waals surface area (Å²) in [4.78, 5) is 54.1. The van der Waals surface area contributed by atoms with Crippen molar-refractivity contribution in [3.63, 3.8) is 0 Å². The molecule has 1 aromatic heterocycles. The molecule has 2 heterocycles. The van der Waals surface area contributed by atoms with E-state index in [0.717, 1.165) is 19.3 Å². The van der Waals surface area contributed by atoms with Gasteiger partial charge < -0.3 is 38.5 Å². The van der Waals surface area contributed by atoms with Gasteiger partial charge in [-0.1, -0.05) is 19.9 Å². The van der Waals surface area contributed by atoms with E-state index in [1.165, 1.54) is 5.56 Å². The predicted octanol–water partition coefficient (Wildman–Crippen LogP) is -6.85. The van der Waals surface area contributed by atoms with Gasteiger partial charge in [0.25, 0.3) is 0 Å². The van der Waals surface area contributed by atoms with Gasteiger partial charge in [0.2, 0.25) is 5.78 Å². The molecule has 0 bridgehead atoms. The van der Waals surface area contributed by atoms with Crippen LogP contribution in [0.3, 0.4) is 0 Å². The minimum absolute atomic E-state index is 0. The van der Waals surface area contributed by atoms with Crippen molar-refractivity contribution >= 4 is 24.9 Å². The first-order valence-electron chi connectivity index (χ1n) is 12.6. The summed E-state index contributed by atoms with van der Waals surface area (Å²) in [6.45, 7) is 10.0. The van der Waals surface area contributed by atoms with Crippen molar-refractivity contribution in [2.45, 2.75) is 71.5 Å². The first kappa shape index (κ1) is 37.7. The van der Waals surface area contributed by atoms with Gasteiger partial charge in [0.1, 0.15) is 5.60 Å². The maximum absolute atomic E-state index is 14.0. The summed E-state index contributed by atoms with van der Waals surface area (Å²) < 4.78 is 21.0. The Balaban J connectivity index is 0.000000529. The number of ether oxygens (including phenoxy) is 1. The van der Waals surface area contributed by atoms with E-state index in [4.69, 9.17) is 33.4 Å². The van der Waals surface area contributed by atoms with E-state index in [1.54, 1.807) is 12.3 Å². The SMILES string of the molecule is CC1(C)C(=O)C=CC2(C)C1=C(O)C(=O)C1(C)C2CCC2(C)C(c3ccoc3)CC3OC321.O=C([O-])P(=O)([O-])[O-].[Na+].[Na+].[Na+]. The standard InChI is InChI=1S/C26H30O5.CH3O5P.3Na/c1-22(2)17(27)7-9-23(3)16-6-10-24(4)15(14-8-11-30-13-14)12-18-26(24,31-18)25(16,5)21(29)19(28)20(22)23;2-1(3)7(4,5)6;;;/h7-9,11,13,15-16,18,28H,6,10,12H2,1-5H3;(H,2,3)(H2,4,5,6);;;/q;;3*+1/p-3. The van der Waals surface area contributed by atoms with Gasteiger partial charge in [0.15, 0.2) is 11.5 Å². The zero-order chi connectivity index (χ0) is 28.3. The number of hydrogen-bond donors (Lipinski definition) is 1. The van der Waals surface area contributed by atoms with Crippen LogP contribution in [-0.2, 0) is 18.9 Å². The number of Topliss-reactive ketones (excluding diaryl/α,β-unsaturated/α-hetero) is 1. The van der Waals surface area contributed by atoms with Crippen LogP contribution in [0.15, 0.2) is 46.5 Å². The van der Waals surface area contributed by atoms with Crippen LogP contribution in [0.5, 0.6) is 0 Å². The largest absolute Gasteiger partial charge is 1.00 e. The molecular weight excluding hydrogens is 584 g/mol. The molecule has 1 aromatic rings. The van der Waals surface area contributed by atoms with E-state index in [-0.39, 0.29) is 129 Å². The van der Waals surface area contributed by atoms with E-state index in [1.807, 2.05) is 39.2 Å². The fourth-order valence-electron chi connectivity index (χ4n) is 8.78. The number of carbonyl (C=O) groups excluding carboxylic acids is 3. The minimum Gasteiger partial charge on any atom is -0.807 e. The van der Waals surface area contributed by atoms with Gasteiger partial charge in [-0.15, -0.1) is 0 Å². The maximum atomic E-state index is 14.0. The smallest absolute Gasteiger partial charge is 0.807 e. The summed E-state index contributed by atoms with van der Waals surface area (Å²) in [6, 6.07) is 2.03. The molecule has 0 amide bonds. The molecule has 206 valence electrons. The van der Waals surface area contributed by atoms with Crippen molar-refractivity contribution in [1.82, 2.24) is 0 Å². The quantitative estimate of drug-likeness (QED) is 0.191. The summed E-state index contributed by atoms with van der Waals surface area (Å²) in [5, 5.41) is 20.4. The Labute approximate surface area is 305 Å². The van der Waals surface area contributed by atoms with Gasteiger partial charge in [0, 0.05) is 10.8 Å². The van der Waals surface area contributed by atoms with E-state index in [0.29, 0.717) is 5.57 Å². The number of aliphatic hydroxyl groups is 1. The molecule has 0 aromatic carbocycles. The average molecular weight is 614 g/mol. The van der Waals surface area contributed by atoms with Gasteiger partial charge in [-0.2, -0.15) is 0 Å². The molecule has 0 radical (unpaired) electrons. The van der Waals surface area contributed by atoms with Crippen molar-refractivity contribution < 1.29 is 137 Å². The van der Waals surface area contributed by atoms with E-state index >= 15 is 0 Å². The minimum atomic E-state index is -5.43. The molecule has 1 aliphatic heterocycles. The van der Waals surface area contributed by atoms with Crippen LogP contribution in [0.1, 0.15) is 65.4 Å². The number of aliphatic hydroxyl groups excluding tert-OH is 1. The number of rotatable bonds is 2.